The van der Waals surface area contributed by atoms with Crippen molar-refractivity contribution in [1.82, 2.24) is 0 Å². The minimum absolute atomic E-state index is 0. The van der Waals surface area contributed by atoms with Gasteiger partial charge in [-0.3, -0.25) is 4.79 Å². The SMILES string of the molecule is O=C([O-])CC(=O)C(=O)O.[Ca+2]. The van der Waals surface area contributed by atoms with E-state index in [1.165, 1.54) is 0 Å². The zero-order valence-corrected chi connectivity index (χ0v) is 7.20. The minimum Gasteiger partial charge on any atom is -0.550 e. The molecule has 6 heteroatoms. The molecule has 1 N–H and O–H groups in total. The number of Topliss-reactive ketones (excluding diaryl/α,β-unsaturated/α-hetero) is 1. The fraction of sp³-hybridized carbons (Fsp3) is 0.250. The Morgan fingerprint density at radius 3 is 1.80 bits per heavy atom. The summed E-state index contributed by atoms with van der Waals surface area (Å²) in [5.74, 6) is -4.79. The van der Waals surface area contributed by atoms with E-state index in [0.29, 0.717) is 0 Å². The van der Waals surface area contributed by atoms with Gasteiger partial charge in [0.05, 0.1) is 6.42 Å². The first-order valence-corrected chi connectivity index (χ1v) is 2.00. The Balaban J connectivity index is 0. The van der Waals surface area contributed by atoms with E-state index in [9.17, 15) is 19.5 Å². The fourth-order valence-electron chi connectivity index (χ4n) is 0.207. The molecular formula is C4H3CaO5+. The van der Waals surface area contributed by atoms with E-state index in [1.807, 2.05) is 0 Å². The second kappa shape index (κ2) is 5.64. The summed E-state index contributed by atoms with van der Waals surface area (Å²) in [6.07, 6.45) is -1.06. The van der Waals surface area contributed by atoms with E-state index in [-0.39, 0.29) is 37.7 Å². The van der Waals surface area contributed by atoms with Crippen molar-refractivity contribution in [3.8, 4) is 0 Å². The molecule has 0 aromatic carbocycles. The molecule has 0 radical (unpaired) electrons. The summed E-state index contributed by atoms with van der Waals surface area (Å²) in [6, 6.07) is 0. The van der Waals surface area contributed by atoms with Gasteiger partial charge in [-0.2, -0.15) is 0 Å². The van der Waals surface area contributed by atoms with Crippen molar-refractivity contribution in [1.29, 1.82) is 0 Å². The third-order valence-corrected chi connectivity index (χ3v) is 0.543. The summed E-state index contributed by atoms with van der Waals surface area (Å²) in [5, 5.41) is 17.3. The first-order chi connectivity index (χ1) is 4.04. The molecule has 0 bridgehead atoms. The molecule has 0 aliphatic heterocycles. The summed E-state index contributed by atoms with van der Waals surface area (Å²) in [4.78, 5) is 29.0. The van der Waals surface area contributed by atoms with Gasteiger partial charge in [-0.1, -0.05) is 0 Å². The van der Waals surface area contributed by atoms with Crippen LogP contribution in [0.5, 0.6) is 0 Å². The maximum absolute atomic E-state index is 9.93. The number of aliphatic carboxylic acids is 2. The van der Waals surface area contributed by atoms with Crippen LogP contribution in [-0.4, -0.2) is 60.6 Å². The maximum atomic E-state index is 9.93. The van der Waals surface area contributed by atoms with Crippen molar-refractivity contribution in [2.45, 2.75) is 6.42 Å². The molecule has 0 aromatic heterocycles. The van der Waals surface area contributed by atoms with E-state index < -0.39 is 24.1 Å². The van der Waals surface area contributed by atoms with E-state index in [0.717, 1.165) is 0 Å². The smallest absolute Gasteiger partial charge is 0.550 e. The summed E-state index contributed by atoms with van der Waals surface area (Å²) < 4.78 is 0. The van der Waals surface area contributed by atoms with Crippen LogP contribution in [0.4, 0.5) is 0 Å². The largest absolute Gasteiger partial charge is 2.00 e. The van der Waals surface area contributed by atoms with Crippen LogP contribution in [0, 0.1) is 0 Å². The first kappa shape index (κ1) is 12.5. The number of carbonyl (C=O) groups is 3. The number of carboxylic acids is 2. The van der Waals surface area contributed by atoms with Crippen LogP contribution in [0.25, 0.3) is 0 Å². The Bertz CT molecular complexity index is 163. The van der Waals surface area contributed by atoms with Crippen LogP contribution >= 0.6 is 0 Å². The van der Waals surface area contributed by atoms with Gasteiger partial charge in [0.15, 0.2) is 0 Å². The maximum Gasteiger partial charge on any atom is 2.00 e. The summed E-state index contributed by atoms with van der Waals surface area (Å²) in [5.41, 5.74) is 0. The average Bonchev–Trinajstić information content (AvgIpc) is 1.63. The predicted molar refractivity (Wildman–Crippen MR) is 28.0 cm³/mol. The first-order valence-electron chi connectivity index (χ1n) is 2.00. The number of carbonyl (C=O) groups excluding carboxylic acids is 2. The van der Waals surface area contributed by atoms with Crippen molar-refractivity contribution >= 4 is 55.5 Å². The standard InChI is InChI=1S/C4H4O5.Ca/c5-2(4(8)9)1-3(6)7;/h1H2,(H,6,7)(H,8,9);/q;+2/p-1. The van der Waals surface area contributed by atoms with Crippen LogP contribution in [-0.2, 0) is 14.4 Å². The van der Waals surface area contributed by atoms with Gasteiger partial charge in [0.2, 0.25) is 5.78 Å². The van der Waals surface area contributed by atoms with Crippen LogP contribution in [0.2, 0.25) is 0 Å². The quantitative estimate of drug-likeness (QED) is 0.285. The zero-order valence-electron chi connectivity index (χ0n) is 4.99. The molecule has 0 atom stereocenters. The Kier molecular flexibility index (Phi) is 7.07. The molecule has 0 rings (SSSR count). The summed E-state index contributed by atoms with van der Waals surface area (Å²) in [6.45, 7) is 0. The van der Waals surface area contributed by atoms with Gasteiger partial charge in [-0.25, -0.2) is 4.79 Å². The zero-order chi connectivity index (χ0) is 7.44. The number of hydrogen-bond donors (Lipinski definition) is 1. The van der Waals surface area contributed by atoms with E-state index in [1.54, 1.807) is 0 Å². The van der Waals surface area contributed by atoms with Crippen LogP contribution in [0.15, 0.2) is 0 Å². The molecule has 0 aromatic rings. The predicted octanol–water partition coefficient (Wildman–Crippen LogP) is -2.60. The molecule has 0 saturated carbocycles. The number of rotatable bonds is 3. The van der Waals surface area contributed by atoms with Gasteiger partial charge >= 0.3 is 43.7 Å². The molecule has 0 heterocycles. The molecule has 10 heavy (non-hydrogen) atoms. The third kappa shape index (κ3) is 6.00. The molecule has 0 unspecified atom stereocenters. The molecule has 5 nitrogen and oxygen atoms in total. The van der Waals surface area contributed by atoms with E-state index in [2.05, 4.69) is 0 Å². The van der Waals surface area contributed by atoms with E-state index in [4.69, 9.17) is 5.11 Å². The second-order valence-corrected chi connectivity index (χ2v) is 1.28. The fourth-order valence-corrected chi connectivity index (χ4v) is 0.207. The Labute approximate surface area is 86.0 Å². The molecule has 0 saturated heterocycles. The second-order valence-electron chi connectivity index (χ2n) is 1.28. The van der Waals surface area contributed by atoms with Gasteiger partial charge < -0.3 is 15.0 Å². The van der Waals surface area contributed by atoms with Crippen molar-refractivity contribution in [3.05, 3.63) is 0 Å². The van der Waals surface area contributed by atoms with Crippen molar-refractivity contribution in [2.24, 2.45) is 0 Å². The van der Waals surface area contributed by atoms with Gasteiger partial charge in [-0.15, -0.1) is 0 Å². The van der Waals surface area contributed by atoms with E-state index >= 15 is 0 Å². The summed E-state index contributed by atoms with van der Waals surface area (Å²) in [7, 11) is 0. The molecule has 0 spiro atoms. The van der Waals surface area contributed by atoms with Gasteiger partial charge in [0, 0.05) is 5.97 Å². The average molecular weight is 171 g/mol. The Hall–Kier alpha value is -0.130. The topological polar surface area (TPSA) is 94.5 Å². The molecule has 0 aliphatic rings. The van der Waals surface area contributed by atoms with Gasteiger partial charge in [0.25, 0.3) is 0 Å². The van der Waals surface area contributed by atoms with Crippen LogP contribution in [0.1, 0.15) is 6.42 Å². The molecule has 50 valence electrons. The van der Waals surface area contributed by atoms with Crippen molar-refractivity contribution < 1.29 is 24.6 Å². The van der Waals surface area contributed by atoms with Crippen LogP contribution < -0.4 is 5.11 Å². The number of hydrogen-bond acceptors (Lipinski definition) is 4. The van der Waals surface area contributed by atoms with Gasteiger partial charge in [-0.05, 0) is 0 Å². The molecule has 0 fully saturated rings. The Morgan fingerprint density at radius 2 is 1.70 bits per heavy atom. The monoisotopic (exact) mass is 171 g/mol. The molecular weight excluding hydrogens is 168 g/mol. The van der Waals surface area contributed by atoms with Crippen molar-refractivity contribution in [3.63, 3.8) is 0 Å². The van der Waals surface area contributed by atoms with Crippen molar-refractivity contribution in [2.75, 3.05) is 0 Å². The molecule has 0 aliphatic carbocycles. The molecule has 0 amide bonds. The number of ketones is 1. The summed E-state index contributed by atoms with van der Waals surface area (Å²) >= 11 is 0. The minimum atomic E-state index is -1.75. The van der Waals surface area contributed by atoms with Crippen LogP contribution in [0.3, 0.4) is 0 Å². The normalized spacial score (nSPS) is 7.60. The van der Waals surface area contributed by atoms with Gasteiger partial charge in [0.1, 0.15) is 0 Å². The number of carboxylic acid groups (broad SMARTS) is 2. The Morgan fingerprint density at radius 1 is 1.30 bits per heavy atom. The third-order valence-electron chi connectivity index (χ3n) is 0.543.